The Morgan fingerprint density at radius 2 is 2.15 bits per heavy atom. The van der Waals surface area contributed by atoms with Crippen molar-refractivity contribution in [3.63, 3.8) is 0 Å². The van der Waals surface area contributed by atoms with Crippen molar-refractivity contribution in [3.05, 3.63) is 35.4 Å². The summed E-state index contributed by atoms with van der Waals surface area (Å²) in [6.07, 6.45) is 4.95. The van der Waals surface area contributed by atoms with E-state index in [-0.39, 0.29) is 0 Å². The highest BCUT2D eigenvalue weighted by atomic mass is 16.5. The Morgan fingerprint density at radius 3 is 2.80 bits per heavy atom. The van der Waals surface area contributed by atoms with Gasteiger partial charge in [-0.1, -0.05) is 25.5 Å². The second-order valence-corrected chi connectivity index (χ2v) is 5.62. The van der Waals surface area contributed by atoms with Crippen molar-refractivity contribution >= 4 is 0 Å². The number of benzene rings is 1. The first-order valence-corrected chi connectivity index (χ1v) is 7.60. The van der Waals surface area contributed by atoms with E-state index in [0.717, 1.165) is 31.4 Å². The Hall–Kier alpha value is -1.37. The first kappa shape index (κ1) is 15.0. The van der Waals surface area contributed by atoms with Crippen molar-refractivity contribution in [3.8, 4) is 6.07 Å². The van der Waals surface area contributed by atoms with Crippen LogP contribution in [-0.4, -0.2) is 18.8 Å². The highest BCUT2D eigenvalue weighted by Gasteiger charge is 2.23. The van der Waals surface area contributed by atoms with Crippen LogP contribution in [0.15, 0.2) is 24.3 Å². The first-order chi connectivity index (χ1) is 9.72. The topological polar surface area (TPSA) is 45.0 Å². The number of hydrogen-bond acceptors (Lipinski definition) is 3. The maximum atomic E-state index is 8.83. The summed E-state index contributed by atoms with van der Waals surface area (Å²) < 4.78 is 5.79. The predicted octanol–water partition coefficient (Wildman–Crippen LogP) is 3.56. The molecule has 0 amide bonds. The Labute approximate surface area is 121 Å². The third kappa shape index (κ3) is 4.06. The number of nitriles is 1. The summed E-state index contributed by atoms with van der Waals surface area (Å²) in [4.78, 5) is 0. The molecule has 0 saturated carbocycles. The van der Waals surface area contributed by atoms with Crippen LogP contribution in [0.25, 0.3) is 0 Å². The summed E-state index contributed by atoms with van der Waals surface area (Å²) in [6.45, 7) is 5.26. The maximum absolute atomic E-state index is 8.83. The van der Waals surface area contributed by atoms with Crippen molar-refractivity contribution in [2.75, 3.05) is 6.61 Å². The number of nitrogens with zero attached hydrogens (tertiary/aromatic N) is 1. The van der Waals surface area contributed by atoms with Gasteiger partial charge < -0.3 is 10.1 Å². The first-order valence-electron chi connectivity index (χ1n) is 7.60. The van der Waals surface area contributed by atoms with Gasteiger partial charge in [-0.3, -0.25) is 0 Å². The molecular weight excluding hydrogens is 248 g/mol. The fourth-order valence-corrected chi connectivity index (χ4v) is 2.85. The minimum absolute atomic E-state index is 0.313. The Kier molecular flexibility index (Phi) is 5.58. The summed E-state index contributed by atoms with van der Waals surface area (Å²) in [6, 6.07) is 10.9. The van der Waals surface area contributed by atoms with E-state index < -0.39 is 0 Å². The van der Waals surface area contributed by atoms with E-state index in [4.69, 9.17) is 10.00 Å². The highest BCUT2D eigenvalue weighted by Crippen LogP contribution is 2.21. The van der Waals surface area contributed by atoms with Crippen LogP contribution in [0.5, 0.6) is 0 Å². The van der Waals surface area contributed by atoms with E-state index in [1.165, 1.54) is 12.0 Å². The van der Waals surface area contributed by atoms with Crippen LogP contribution in [0.3, 0.4) is 0 Å². The molecule has 0 spiro atoms. The minimum Gasteiger partial charge on any atom is -0.378 e. The monoisotopic (exact) mass is 272 g/mol. The minimum atomic E-state index is 0.313. The molecule has 1 aromatic rings. The van der Waals surface area contributed by atoms with Crippen LogP contribution in [0, 0.1) is 11.3 Å². The Morgan fingerprint density at radius 1 is 1.40 bits per heavy atom. The molecule has 3 atom stereocenters. The van der Waals surface area contributed by atoms with Crippen LogP contribution >= 0.6 is 0 Å². The molecule has 0 radical (unpaired) electrons. The lowest BCUT2D eigenvalue weighted by Crippen LogP contribution is -2.40. The van der Waals surface area contributed by atoms with E-state index in [1.54, 1.807) is 0 Å². The molecule has 1 fully saturated rings. The van der Waals surface area contributed by atoms with E-state index in [2.05, 4.69) is 25.2 Å². The molecule has 0 aromatic heterocycles. The summed E-state index contributed by atoms with van der Waals surface area (Å²) in [5.41, 5.74) is 1.96. The summed E-state index contributed by atoms with van der Waals surface area (Å²) in [7, 11) is 0. The molecule has 3 unspecified atom stereocenters. The van der Waals surface area contributed by atoms with Gasteiger partial charge in [0.25, 0.3) is 0 Å². The Balaban J connectivity index is 1.89. The molecule has 1 heterocycles. The molecular formula is C17H24N2O. The van der Waals surface area contributed by atoms with Gasteiger partial charge in [0.05, 0.1) is 17.7 Å². The average Bonchev–Trinajstić information content (AvgIpc) is 2.48. The van der Waals surface area contributed by atoms with Gasteiger partial charge >= 0.3 is 0 Å². The number of nitrogens with one attached hydrogen (secondary N) is 1. The molecule has 3 heteroatoms. The average molecular weight is 272 g/mol. The van der Waals surface area contributed by atoms with E-state index in [9.17, 15) is 0 Å². The van der Waals surface area contributed by atoms with Crippen molar-refractivity contribution < 1.29 is 4.74 Å². The smallest absolute Gasteiger partial charge is 0.0991 e. The van der Waals surface area contributed by atoms with Gasteiger partial charge in [0.2, 0.25) is 0 Å². The van der Waals surface area contributed by atoms with Gasteiger partial charge in [0.15, 0.2) is 0 Å². The number of hydrogen-bond donors (Lipinski definition) is 1. The predicted molar refractivity (Wildman–Crippen MR) is 80.4 cm³/mol. The summed E-state index contributed by atoms with van der Waals surface area (Å²) >= 11 is 0. The maximum Gasteiger partial charge on any atom is 0.0991 e. The molecule has 1 saturated heterocycles. The lowest BCUT2D eigenvalue weighted by atomic mass is 9.98. The lowest BCUT2D eigenvalue weighted by molar-refractivity contribution is -0.00472. The van der Waals surface area contributed by atoms with Gasteiger partial charge in [0.1, 0.15) is 0 Å². The summed E-state index contributed by atoms with van der Waals surface area (Å²) in [5, 5.41) is 12.5. The van der Waals surface area contributed by atoms with Crippen molar-refractivity contribution in [2.45, 2.75) is 57.7 Å². The molecule has 1 aliphatic heterocycles. The molecule has 3 nitrogen and oxygen atoms in total. The molecule has 0 bridgehead atoms. The van der Waals surface area contributed by atoms with Gasteiger partial charge in [-0.25, -0.2) is 0 Å². The zero-order valence-electron chi connectivity index (χ0n) is 12.4. The quantitative estimate of drug-likeness (QED) is 0.891. The molecule has 1 aromatic carbocycles. The van der Waals surface area contributed by atoms with Crippen LogP contribution in [0.1, 0.15) is 56.7 Å². The van der Waals surface area contributed by atoms with Crippen LogP contribution in [0.4, 0.5) is 0 Å². The van der Waals surface area contributed by atoms with Crippen molar-refractivity contribution in [2.24, 2.45) is 0 Å². The Bertz CT molecular complexity index is 447. The number of ether oxygens (including phenoxy) is 1. The van der Waals surface area contributed by atoms with Crippen LogP contribution in [-0.2, 0) is 4.74 Å². The zero-order valence-corrected chi connectivity index (χ0v) is 12.4. The van der Waals surface area contributed by atoms with Crippen LogP contribution < -0.4 is 5.32 Å². The number of rotatable bonds is 5. The largest absolute Gasteiger partial charge is 0.378 e. The third-order valence-corrected chi connectivity index (χ3v) is 4.00. The normalized spacial score (nSPS) is 24.1. The second kappa shape index (κ2) is 7.42. The molecule has 1 aliphatic rings. The molecule has 1 N–H and O–H groups in total. The van der Waals surface area contributed by atoms with Gasteiger partial charge in [-0.05, 0) is 43.9 Å². The zero-order chi connectivity index (χ0) is 14.4. The summed E-state index contributed by atoms with van der Waals surface area (Å²) in [5.74, 6) is 0. The van der Waals surface area contributed by atoms with Gasteiger partial charge in [-0.15, -0.1) is 0 Å². The molecule has 2 rings (SSSR count). The molecule has 20 heavy (non-hydrogen) atoms. The van der Waals surface area contributed by atoms with E-state index in [1.807, 2.05) is 24.3 Å². The fraction of sp³-hybridized carbons (Fsp3) is 0.588. The fourth-order valence-electron chi connectivity index (χ4n) is 2.85. The van der Waals surface area contributed by atoms with E-state index in [0.29, 0.717) is 18.2 Å². The van der Waals surface area contributed by atoms with Crippen molar-refractivity contribution in [1.29, 1.82) is 5.26 Å². The highest BCUT2D eigenvalue weighted by molar-refractivity contribution is 5.32. The molecule has 0 aliphatic carbocycles. The van der Waals surface area contributed by atoms with Gasteiger partial charge in [0, 0.05) is 18.7 Å². The van der Waals surface area contributed by atoms with Crippen molar-refractivity contribution in [1.82, 2.24) is 5.32 Å². The van der Waals surface area contributed by atoms with Crippen LogP contribution in [0.2, 0.25) is 0 Å². The third-order valence-electron chi connectivity index (χ3n) is 4.00. The SMILES string of the molecule is CCCC1CC(NC(C)c2ccc(C#N)cc2)CCO1. The van der Waals surface area contributed by atoms with Gasteiger partial charge in [-0.2, -0.15) is 5.26 Å². The van der Waals surface area contributed by atoms with E-state index >= 15 is 0 Å². The second-order valence-electron chi connectivity index (χ2n) is 5.62. The standard InChI is InChI=1S/C17H24N2O/c1-3-4-17-11-16(9-10-20-17)19-13(2)15-7-5-14(12-18)6-8-15/h5-8,13,16-17,19H,3-4,9-11H2,1-2H3. The lowest BCUT2D eigenvalue weighted by Gasteiger charge is -2.32. The molecule has 108 valence electrons.